The minimum atomic E-state index is -1.17. The van der Waals surface area contributed by atoms with Crippen molar-refractivity contribution in [1.82, 2.24) is 19.5 Å². The number of methoxy groups -OCH3 is 1. The van der Waals surface area contributed by atoms with Crippen LogP contribution in [0.4, 0.5) is 5.82 Å². The van der Waals surface area contributed by atoms with E-state index in [4.69, 9.17) is 18.9 Å². The van der Waals surface area contributed by atoms with E-state index in [1.54, 1.807) is 65.2 Å². The van der Waals surface area contributed by atoms with Crippen molar-refractivity contribution in [2.24, 2.45) is 0 Å². The average molecular weight is 695 g/mol. The number of hydrogen-bond donors (Lipinski definition) is 1. The third kappa shape index (κ3) is 7.22. The molecule has 0 spiro atoms. The van der Waals surface area contributed by atoms with Crippen LogP contribution in [0.5, 0.6) is 0 Å². The van der Waals surface area contributed by atoms with E-state index in [0.29, 0.717) is 29.0 Å². The van der Waals surface area contributed by atoms with Gasteiger partial charge in [0, 0.05) is 19.6 Å². The fourth-order valence-electron chi connectivity index (χ4n) is 6.30. The maximum absolute atomic E-state index is 13.5. The molecule has 1 fully saturated rings. The molecular formula is C40H34N6O6. The Kier molecular flexibility index (Phi) is 10.2. The highest BCUT2D eigenvalue weighted by Crippen LogP contribution is 2.37. The third-order valence-electron chi connectivity index (χ3n) is 8.79. The molecule has 1 saturated heterocycles. The van der Waals surface area contributed by atoms with Crippen molar-refractivity contribution in [3.8, 4) is 6.07 Å². The lowest BCUT2D eigenvalue weighted by Gasteiger charge is -2.25. The Morgan fingerprint density at radius 3 is 1.88 bits per heavy atom. The first-order valence-corrected chi connectivity index (χ1v) is 16.7. The van der Waals surface area contributed by atoms with Gasteiger partial charge in [-0.2, -0.15) is 15.2 Å². The van der Waals surface area contributed by atoms with E-state index in [1.165, 1.54) is 13.4 Å². The first kappa shape index (κ1) is 34.0. The molecule has 3 heterocycles. The molecule has 0 amide bonds. The molecule has 1 aliphatic rings. The molecule has 4 atom stereocenters. The summed E-state index contributed by atoms with van der Waals surface area (Å²) in [6.07, 6.45) is -2.70. The minimum Gasteiger partial charge on any atom is -0.452 e. The van der Waals surface area contributed by atoms with Crippen molar-refractivity contribution in [1.29, 1.82) is 5.26 Å². The van der Waals surface area contributed by atoms with Crippen molar-refractivity contribution in [3.05, 3.63) is 156 Å². The van der Waals surface area contributed by atoms with Crippen LogP contribution in [-0.4, -0.2) is 70.0 Å². The zero-order valence-electron chi connectivity index (χ0n) is 28.1. The summed E-state index contributed by atoms with van der Waals surface area (Å²) in [6.45, 7) is 0.448. The molecular weight excluding hydrogens is 660 g/mol. The number of ether oxygens (including phenoxy) is 4. The van der Waals surface area contributed by atoms with Crippen molar-refractivity contribution < 1.29 is 28.5 Å². The Morgan fingerprint density at radius 2 is 1.35 bits per heavy atom. The van der Waals surface area contributed by atoms with Gasteiger partial charge >= 0.3 is 11.9 Å². The number of nitrogens with one attached hydrogen (secondary N) is 1. The summed E-state index contributed by atoms with van der Waals surface area (Å²) < 4.78 is 25.6. The van der Waals surface area contributed by atoms with E-state index in [1.807, 2.05) is 42.5 Å². The standard InChI is InChI=1S/C40H34N6O6/c1-49-24-31-34(51-39(47)28-18-10-4-11-19-28)35(52-40(48)29-20-12-5-13-21-29)38(50-31)46-25-43-33-36(44-32(22-41)45-37(33)46)42-23-30(26-14-6-2-7-15-26)27-16-8-3-9-17-27/h2-21,25,30-31,34-35,38H,23-24H2,1H3,(H,42,44,45)/t31?,34?,35?,38-/m1/s1. The Balaban J connectivity index is 1.26. The number of aromatic nitrogens is 4. The molecule has 52 heavy (non-hydrogen) atoms. The number of nitriles is 1. The molecule has 0 radical (unpaired) electrons. The van der Waals surface area contributed by atoms with E-state index < -0.39 is 36.5 Å². The Hall–Kier alpha value is -6.42. The number of hydrogen-bond acceptors (Lipinski definition) is 11. The molecule has 12 heteroatoms. The zero-order chi connectivity index (χ0) is 35.9. The summed E-state index contributed by atoms with van der Waals surface area (Å²) in [6, 6.07) is 39.2. The average Bonchev–Trinajstić information content (AvgIpc) is 3.77. The SMILES string of the molecule is COCC1O[C@@H](n2cnc3c(NCC(c4ccccc4)c4ccccc4)nc(C#N)nc32)C(OC(=O)c2ccccc2)C1OC(=O)c1ccccc1. The highest BCUT2D eigenvalue weighted by Gasteiger charge is 2.51. The summed E-state index contributed by atoms with van der Waals surface area (Å²) in [4.78, 5) is 40.5. The smallest absolute Gasteiger partial charge is 0.338 e. The first-order valence-electron chi connectivity index (χ1n) is 16.7. The molecule has 0 bridgehead atoms. The van der Waals surface area contributed by atoms with Crippen LogP contribution >= 0.6 is 0 Å². The number of anilines is 1. The van der Waals surface area contributed by atoms with E-state index >= 15 is 0 Å². The van der Waals surface area contributed by atoms with Gasteiger partial charge in [0.2, 0.25) is 5.82 Å². The molecule has 1 aliphatic heterocycles. The highest BCUT2D eigenvalue weighted by atomic mass is 16.7. The molecule has 1 N–H and O–H groups in total. The van der Waals surface area contributed by atoms with Gasteiger partial charge in [-0.15, -0.1) is 0 Å². The molecule has 6 aromatic rings. The van der Waals surface area contributed by atoms with E-state index in [2.05, 4.69) is 44.5 Å². The van der Waals surface area contributed by atoms with Gasteiger partial charge in [-0.1, -0.05) is 97.1 Å². The second-order valence-electron chi connectivity index (χ2n) is 12.1. The Morgan fingerprint density at radius 1 is 0.808 bits per heavy atom. The predicted octanol–water partition coefficient (Wildman–Crippen LogP) is 5.94. The molecule has 4 aromatic carbocycles. The maximum Gasteiger partial charge on any atom is 0.338 e. The topological polar surface area (TPSA) is 150 Å². The molecule has 3 unspecified atom stereocenters. The quantitative estimate of drug-likeness (QED) is 0.152. The van der Waals surface area contributed by atoms with Crippen LogP contribution in [0.25, 0.3) is 11.2 Å². The van der Waals surface area contributed by atoms with Gasteiger partial charge in [0.05, 0.1) is 24.1 Å². The van der Waals surface area contributed by atoms with Crippen LogP contribution in [0, 0.1) is 11.3 Å². The van der Waals surface area contributed by atoms with Gasteiger partial charge in [0.1, 0.15) is 12.2 Å². The van der Waals surface area contributed by atoms with Gasteiger partial charge in [-0.3, -0.25) is 4.57 Å². The minimum absolute atomic E-state index is 0.0147. The maximum atomic E-state index is 13.5. The molecule has 7 rings (SSSR count). The van der Waals surface area contributed by atoms with Crippen molar-refractivity contribution in [2.45, 2.75) is 30.5 Å². The number of imidazole rings is 1. The number of fused-ring (bicyclic) bond motifs is 1. The van der Waals surface area contributed by atoms with Crippen LogP contribution in [0.3, 0.4) is 0 Å². The molecule has 2 aromatic heterocycles. The van der Waals surface area contributed by atoms with Gasteiger partial charge in [-0.05, 0) is 35.4 Å². The number of nitrogens with zero attached hydrogens (tertiary/aromatic N) is 5. The zero-order valence-corrected chi connectivity index (χ0v) is 28.1. The highest BCUT2D eigenvalue weighted by molar-refractivity contribution is 5.90. The number of benzene rings is 4. The largest absolute Gasteiger partial charge is 0.452 e. The van der Waals surface area contributed by atoms with E-state index in [-0.39, 0.29) is 24.0 Å². The molecule has 0 saturated carbocycles. The van der Waals surface area contributed by atoms with Gasteiger partial charge < -0.3 is 24.3 Å². The lowest BCUT2D eigenvalue weighted by Crippen LogP contribution is -2.41. The number of carbonyl (C=O) groups excluding carboxylic acids is 2. The van der Waals surface area contributed by atoms with E-state index in [9.17, 15) is 14.9 Å². The monoisotopic (exact) mass is 694 g/mol. The normalized spacial score (nSPS) is 18.2. The Labute approximate surface area is 299 Å². The Bertz CT molecular complexity index is 2140. The van der Waals surface area contributed by atoms with E-state index in [0.717, 1.165) is 11.1 Å². The lowest BCUT2D eigenvalue weighted by atomic mass is 9.91. The summed E-state index contributed by atoms with van der Waals surface area (Å²) in [5.74, 6) is -1.09. The lowest BCUT2D eigenvalue weighted by molar-refractivity contribution is -0.0622. The second kappa shape index (κ2) is 15.6. The predicted molar refractivity (Wildman–Crippen MR) is 190 cm³/mol. The van der Waals surface area contributed by atoms with Gasteiger partial charge in [0.25, 0.3) is 0 Å². The number of carbonyl (C=O) groups is 2. The molecule has 260 valence electrons. The van der Waals surface area contributed by atoms with Gasteiger partial charge in [-0.25, -0.2) is 14.6 Å². The van der Waals surface area contributed by atoms with Crippen molar-refractivity contribution in [3.63, 3.8) is 0 Å². The number of esters is 2. The van der Waals surface area contributed by atoms with Crippen LogP contribution in [0.15, 0.2) is 128 Å². The summed E-state index contributed by atoms with van der Waals surface area (Å²) in [5.41, 5.74) is 3.42. The fourth-order valence-corrected chi connectivity index (χ4v) is 6.30. The summed E-state index contributed by atoms with van der Waals surface area (Å²) in [5, 5.41) is 13.4. The molecule has 0 aliphatic carbocycles. The van der Waals surface area contributed by atoms with Crippen molar-refractivity contribution >= 4 is 28.9 Å². The third-order valence-corrected chi connectivity index (χ3v) is 8.79. The molecule has 12 nitrogen and oxygen atoms in total. The fraction of sp³-hybridized carbons (Fsp3) is 0.200. The first-order chi connectivity index (χ1) is 25.5. The second-order valence-corrected chi connectivity index (χ2v) is 12.1. The number of rotatable bonds is 12. The van der Waals surface area contributed by atoms with Crippen LogP contribution in [0.2, 0.25) is 0 Å². The van der Waals surface area contributed by atoms with Crippen LogP contribution < -0.4 is 5.32 Å². The van der Waals surface area contributed by atoms with Crippen LogP contribution in [-0.2, 0) is 18.9 Å². The van der Waals surface area contributed by atoms with Crippen molar-refractivity contribution in [2.75, 3.05) is 25.6 Å². The summed E-state index contributed by atoms with van der Waals surface area (Å²) >= 11 is 0. The summed E-state index contributed by atoms with van der Waals surface area (Å²) in [7, 11) is 1.49. The van der Waals surface area contributed by atoms with Crippen LogP contribution in [0.1, 0.15) is 49.8 Å². The van der Waals surface area contributed by atoms with Gasteiger partial charge in [0.15, 0.2) is 35.4 Å².